The van der Waals surface area contributed by atoms with Crippen LogP contribution in [0.4, 0.5) is 0 Å². The van der Waals surface area contributed by atoms with E-state index in [2.05, 4.69) is 4.90 Å². The van der Waals surface area contributed by atoms with Crippen LogP contribution >= 0.6 is 11.6 Å². The quantitative estimate of drug-likeness (QED) is 0.742. The standard InChI is InChI=1S/C14H20ClNO2/c15-13-5-1-2-6-14(13)18-10-4-3-7-16-8-11-17-12-9-16/h1-2,5-6H,3-4,7-12H2. The van der Waals surface area contributed by atoms with Crippen LogP contribution in [0.1, 0.15) is 12.8 Å². The van der Waals surface area contributed by atoms with E-state index in [-0.39, 0.29) is 0 Å². The van der Waals surface area contributed by atoms with E-state index in [0.29, 0.717) is 5.02 Å². The van der Waals surface area contributed by atoms with Gasteiger partial charge in [0.15, 0.2) is 0 Å². The minimum atomic E-state index is 0.686. The second-order valence-corrected chi connectivity index (χ2v) is 4.85. The summed E-state index contributed by atoms with van der Waals surface area (Å²) in [7, 11) is 0. The van der Waals surface area contributed by atoms with Crippen molar-refractivity contribution in [1.82, 2.24) is 4.90 Å². The van der Waals surface area contributed by atoms with Gasteiger partial charge in [-0.1, -0.05) is 23.7 Å². The number of nitrogens with zero attached hydrogens (tertiary/aromatic N) is 1. The van der Waals surface area contributed by atoms with Crippen molar-refractivity contribution in [2.75, 3.05) is 39.5 Å². The number of halogens is 1. The Hall–Kier alpha value is -0.770. The van der Waals surface area contributed by atoms with E-state index in [9.17, 15) is 0 Å². The van der Waals surface area contributed by atoms with Crippen LogP contribution in [0.3, 0.4) is 0 Å². The van der Waals surface area contributed by atoms with Gasteiger partial charge in [0.25, 0.3) is 0 Å². The molecule has 1 heterocycles. The number of ether oxygens (including phenoxy) is 2. The molecule has 0 radical (unpaired) electrons. The van der Waals surface area contributed by atoms with E-state index in [0.717, 1.165) is 58.0 Å². The molecule has 0 spiro atoms. The van der Waals surface area contributed by atoms with E-state index >= 15 is 0 Å². The molecule has 0 bridgehead atoms. The summed E-state index contributed by atoms with van der Waals surface area (Å²) in [6.45, 7) is 5.73. The largest absolute Gasteiger partial charge is 0.492 e. The first-order valence-corrected chi connectivity index (χ1v) is 6.91. The molecule has 2 rings (SSSR count). The van der Waals surface area contributed by atoms with Crippen LogP contribution in [0.5, 0.6) is 5.75 Å². The number of rotatable bonds is 6. The van der Waals surface area contributed by atoms with Crippen molar-refractivity contribution in [2.45, 2.75) is 12.8 Å². The van der Waals surface area contributed by atoms with Crippen LogP contribution in [-0.2, 0) is 4.74 Å². The van der Waals surface area contributed by atoms with Gasteiger partial charge in [-0.3, -0.25) is 4.90 Å². The molecule has 1 aliphatic rings. The molecule has 0 atom stereocenters. The van der Waals surface area contributed by atoms with Gasteiger partial charge < -0.3 is 9.47 Å². The van der Waals surface area contributed by atoms with Crippen LogP contribution < -0.4 is 4.74 Å². The van der Waals surface area contributed by atoms with Gasteiger partial charge in [0.2, 0.25) is 0 Å². The lowest BCUT2D eigenvalue weighted by Gasteiger charge is -2.26. The zero-order chi connectivity index (χ0) is 12.6. The van der Waals surface area contributed by atoms with Crippen molar-refractivity contribution in [2.24, 2.45) is 0 Å². The number of hydrogen-bond donors (Lipinski definition) is 0. The van der Waals surface area contributed by atoms with E-state index in [1.165, 1.54) is 0 Å². The van der Waals surface area contributed by atoms with E-state index in [1.54, 1.807) is 0 Å². The van der Waals surface area contributed by atoms with Gasteiger partial charge in [-0.05, 0) is 31.5 Å². The molecule has 4 heteroatoms. The van der Waals surface area contributed by atoms with Crippen molar-refractivity contribution < 1.29 is 9.47 Å². The van der Waals surface area contributed by atoms with Crippen molar-refractivity contribution in [1.29, 1.82) is 0 Å². The number of para-hydroxylation sites is 1. The number of unbranched alkanes of at least 4 members (excludes halogenated alkanes) is 1. The lowest BCUT2D eigenvalue weighted by molar-refractivity contribution is 0.0368. The molecule has 0 unspecified atom stereocenters. The summed E-state index contributed by atoms with van der Waals surface area (Å²) in [5.74, 6) is 0.783. The van der Waals surface area contributed by atoms with Gasteiger partial charge in [-0.2, -0.15) is 0 Å². The normalized spacial score (nSPS) is 16.7. The average Bonchev–Trinajstić information content (AvgIpc) is 2.42. The summed E-state index contributed by atoms with van der Waals surface area (Å²) < 4.78 is 11.0. The second-order valence-electron chi connectivity index (χ2n) is 4.44. The monoisotopic (exact) mass is 269 g/mol. The summed E-state index contributed by atoms with van der Waals surface area (Å²) in [5.41, 5.74) is 0. The molecule has 100 valence electrons. The Morgan fingerprint density at radius 2 is 1.94 bits per heavy atom. The summed E-state index contributed by atoms with van der Waals surface area (Å²) >= 11 is 6.01. The van der Waals surface area contributed by atoms with E-state index in [1.807, 2.05) is 24.3 Å². The number of hydrogen-bond acceptors (Lipinski definition) is 3. The van der Waals surface area contributed by atoms with Gasteiger partial charge in [-0.25, -0.2) is 0 Å². The highest BCUT2D eigenvalue weighted by Crippen LogP contribution is 2.23. The third kappa shape index (κ3) is 4.48. The smallest absolute Gasteiger partial charge is 0.137 e. The average molecular weight is 270 g/mol. The minimum absolute atomic E-state index is 0.686. The Labute approximate surface area is 114 Å². The molecule has 0 amide bonds. The highest BCUT2D eigenvalue weighted by molar-refractivity contribution is 6.32. The van der Waals surface area contributed by atoms with Crippen molar-refractivity contribution >= 4 is 11.6 Å². The molecule has 1 aromatic rings. The van der Waals surface area contributed by atoms with Crippen molar-refractivity contribution in [3.8, 4) is 5.75 Å². The Kier molecular flexibility index (Phi) is 5.78. The number of morpholine rings is 1. The highest BCUT2D eigenvalue weighted by atomic mass is 35.5. The molecule has 1 aliphatic heterocycles. The lowest BCUT2D eigenvalue weighted by Crippen LogP contribution is -2.36. The number of benzene rings is 1. The second kappa shape index (κ2) is 7.62. The van der Waals surface area contributed by atoms with Gasteiger partial charge in [-0.15, -0.1) is 0 Å². The Bertz CT molecular complexity index is 353. The fraction of sp³-hybridized carbons (Fsp3) is 0.571. The zero-order valence-corrected chi connectivity index (χ0v) is 11.4. The summed E-state index contributed by atoms with van der Waals surface area (Å²) in [6, 6.07) is 7.61. The van der Waals surface area contributed by atoms with Crippen LogP contribution in [0, 0.1) is 0 Å². The predicted octanol–water partition coefficient (Wildman–Crippen LogP) is 2.83. The molecule has 0 aliphatic carbocycles. The molecule has 18 heavy (non-hydrogen) atoms. The molecule has 0 aromatic heterocycles. The Morgan fingerprint density at radius 3 is 2.72 bits per heavy atom. The highest BCUT2D eigenvalue weighted by Gasteiger charge is 2.09. The third-order valence-electron chi connectivity index (χ3n) is 3.07. The predicted molar refractivity (Wildman–Crippen MR) is 73.4 cm³/mol. The molecule has 3 nitrogen and oxygen atoms in total. The van der Waals surface area contributed by atoms with Gasteiger partial charge in [0, 0.05) is 13.1 Å². The molecule has 1 fully saturated rings. The molecule has 0 saturated carbocycles. The summed E-state index contributed by atoms with van der Waals surface area (Å²) in [4.78, 5) is 2.44. The summed E-state index contributed by atoms with van der Waals surface area (Å²) in [6.07, 6.45) is 2.22. The van der Waals surface area contributed by atoms with Crippen LogP contribution in [0.25, 0.3) is 0 Å². The molecular weight excluding hydrogens is 250 g/mol. The molecule has 0 N–H and O–H groups in total. The Morgan fingerprint density at radius 1 is 1.17 bits per heavy atom. The topological polar surface area (TPSA) is 21.7 Å². The fourth-order valence-corrected chi connectivity index (χ4v) is 2.20. The third-order valence-corrected chi connectivity index (χ3v) is 3.38. The van der Waals surface area contributed by atoms with Gasteiger partial charge in [0.05, 0.1) is 24.8 Å². The maximum absolute atomic E-state index is 6.01. The summed E-state index contributed by atoms with van der Waals surface area (Å²) in [5, 5.41) is 0.686. The fourth-order valence-electron chi connectivity index (χ4n) is 2.01. The van der Waals surface area contributed by atoms with Crippen LogP contribution in [0.15, 0.2) is 24.3 Å². The first kappa shape index (κ1) is 13.7. The lowest BCUT2D eigenvalue weighted by atomic mass is 10.3. The van der Waals surface area contributed by atoms with Crippen molar-refractivity contribution in [3.05, 3.63) is 29.3 Å². The SMILES string of the molecule is Clc1ccccc1OCCCCN1CCOCC1. The maximum atomic E-state index is 6.01. The first-order chi connectivity index (χ1) is 8.86. The maximum Gasteiger partial charge on any atom is 0.137 e. The zero-order valence-electron chi connectivity index (χ0n) is 10.6. The van der Waals surface area contributed by atoms with E-state index in [4.69, 9.17) is 21.1 Å². The molecule has 1 aromatic carbocycles. The van der Waals surface area contributed by atoms with Crippen LogP contribution in [-0.4, -0.2) is 44.4 Å². The van der Waals surface area contributed by atoms with Gasteiger partial charge in [0.1, 0.15) is 5.75 Å². The van der Waals surface area contributed by atoms with E-state index < -0.39 is 0 Å². The van der Waals surface area contributed by atoms with Crippen molar-refractivity contribution in [3.63, 3.8) is 0 Å². The molecule has 1 saturated heterocycles. The Balaban J connectivity index is 1.57. The first-order valence-electron chi connectivity index (χ1n) is 6.54. The molecular formula is C14H20ClNO2. The van der Waals surface area contributed by atoms with Gasteiger partial charge >= 0.3 is 0 Å². The minimum Gasteiger partial charge on any atom is -0.492 e. The van der Waals surface area contributed by atoms with Crippen LogP contribution in [0.2, 0.25) is 5.02 Å².